The minimum Gasteiger partial charge on any atom is -0.495 e. The lowest BCUT2D eigenvalue weighted by Crippen LogP contribution is -2.30. The van der Waals surface area contributed by atoms with Crippen molar-refractivity contribution in [2.24, 2.45) is 0 Å². The molecule has 3 rings (SSSR count). The highest BCUT2D eigenvalue weighted by Crippen LogP contribution is 2.29. The van der Waals surface area contributed by atoms with Crippen LogP contribution in [0, 0.1) is 10.1 Å². The number of amides is 1. The number of hydrogen-bond donors (Lipinski definition) is 1. The van der Waals surface area contributed by atoms with Gasteiger partial charge in [0, 0.05) is 12.1 Å². The largest absolute Gasteiger partial charge is 0.495 e. The van der Waals surface area contributed by atoms with Crippen molar-refractivity contribution >= 4 is 23.3 Å². The molecule has 0 saturated heterocycles. The Hall–Kier alpha value is -4.28. The second-order valence-electron chi connectivity index (χ2n) is 6.47. The molecule has 1 N–H and O–H groups in total. The van der Waals surface area contributed by atoms with Gasteiger partial charge in [-0.3, -0.25) is 14.9 Å². The van der Waals surface area contributed by atoms with E-state index in [0.717, 1.165) is 11.6 Å². The van der Waals surface area contributed by atoms with E-state index in [9.17, 15) is 19.7 Å². The number of ether oxygens (including phenoxy) is 2. The number of nitrogens with one attached hydrogen (secondary N) is 1. The van der Waals surface area contributed by atoms with Crippen LogP contribution >= 0.6 is 0 Å². The number of rotatable bonds is 8. The summed E-state index contributed by atoms with van der Waals surface area (Å²) in [6, 6.07) is 13.2. The van der Waals surface area contributed by atoms with Crippen LogP contribution in [-0.2, 0) is 16.1 Å². The average Bonchev–Trinajstić information content (AvgIpc) is 3.22. The molecule has 160 valence electrons. The molecule has 0 aliphatic heterocycles. The first-order valence-electron chi connectivity index (χ1n) is 9.15. The average molecular weight is 425 g/mol. The Bertz CT molecular complexity index is 1100. The van der Waals surface area contributed by atoms with Crippen molar-refractivity contribution < 1.29 is 24.0 Å². The van der Waals surface area contributed by atoms with E-state index in [1.807, 2.05) is 30.3 Å². The van der Waals surface area contributed by atoms with Crippen molar-refractivity contribution in [2.45, 2.75) is 19.6 Å². The number of esters is 1. The van der Waals surface area contributed by atoms with Gasteiger partial charge in [-0.05, 0) is 18.6 Å². The first kappa shape index (κ1) is 21.4. The van der Waals surface area contributed by atoms with Crippen LogP contribution in [0.2, 0.25) is 0 Å². The van der Waals surface area contributed by atoms with E-state index in [2.05, 4.69) is 15.6 Å². The van der Waals surface area contributed by atoms with E-state index in [0.29, 0.717) is 6.54 Å². The molecule has 3 aromatic rings. The van der Waals surface area contributed by atoms with Gasteiger partial charge in [-0.15, -0.1) is 5.10 Å². The third-order valence-electron chi connectivity index (χ3n) is 4.24. The maximum atomic E-state index is 12.4. The molecule has 0 aliphatic rings. The molecule has 11 heteroatoms. The summed E-state index contributed by atoms with van der Waals surface area (Å²) in [5.74, 6) is -1.29. The van der Waals surface area contributed by atoms with Crippen LogP contribution in [0.3, 0.4) is 0 Å². The maximum Gasteiger partial charge on any atom is 0.361 e. The van der Waals surface area contributed by atoms with Gasteiger partial charge in [-0.1, -0.05) is 35.5 Å². The monoisotopic (exact) mass is 425 g/mol. The first-order chi connectivity index (χ1) is 14.9. The molecule has 0 spiro atoms. The van der Waals surface area contributed by atoms with E-state index in [4.69, 9.17) is 9.47 Å². The molecule has 1 unspecified atom stereocenters. The van der Waals surface area contributed by atoms with Crippen LogP contribution in [0.25, 0.3) is 0 Å². The van der Waals surface area contributed by atoms with Gasteiger partial charge in [0.15, 0.2) is 11.8 Å². The Morgan fingerprint density at radius 2 is 1.97 bits per heavy atom. The molecular weight excluding hydrogens is 406 g/mol. The van der Waals surface area contributed by atoms with Crippen molar-refractivity contribution in [3.8, 4) is 5.75 Å². The summed E-state index contributed by atoms with van der Waals surface area (Å²) in [5, 5.41) is 21.1. The smallest absolute Gasteiger partial charge is 0.361 e. The Balaban J connectivity index is 1.63. The summed E-state index contributed by atoms with van der Waals surface area (Å²) >= 11 is 0. The standard InChI is InChI=1S/C20H19N5O6/c1-13(19(26)21-16-10-15(25(28)29)8-9-18(16)30-2)31-20(27)17-12-24(23-22-17)11-14-6-4-3-5-7-14/h3-10,12-13H,11H2,1-2H3,(H,21,26). The summed E-state index contributed by atoms with van der Waals surface area (Å²) in [4.78, 5) is 35.1. The number of methoxy groups -OCH3 is 1. The molecule has 1 aromatic heterocycles. The molecule has 0 bridgehead atoms. The Morgan fingerprint density at radius 1 is 1.23 bits per heavy atom. The number of nitro groups is 1. The van der Waals surface area contributed by atoms with Crippen molar-refractivity contribution in [3.05, 3.63) is 76.1 Å². The second kappa shape index (κ2) is 9.48. The highest BCUT2D eigenvalue weighted by molar-refractivity contribution is 5.97. The van der Waals surface area contributed by atoms with Gasteiger partial charge in [0.2, 0.25) is 0 Å². The van der Waals surface area contributed by atoms with Crippen LogP contribution in [-0.4, -0.2) is 45.0 Å². The van der Waals surface area contributed by atoms with Gasteiger partial charge in [-0.25, -0.2) is 9.48 Å². The van der Waals surface area contributed by atoms with Gasteiger partial charge < -0.3 is 14.8 Å². The number of aromatic nitrogens is 3. The summed E-state index contributed by atoms with van der Waals surface area (Å²) in [6.07, 6.45) is 0.222. The third-order valence-corrected chi connectivity index (χ3v) is 4.24. The zero-order chi connectivity index (χ0) is 22.4. The van der Waals surface area contributed by atoms with E-state index < -0.39 is 22.9 Å². The molecule has 11 nitrogen and oxygen atoms in total. The zero-order valence-electron chi connectivity index (χ0n) is 16.7. The summed E-state index contributed by atoms with van der Waals surface area (Å²) in [5.41, 5.74) is 0.781. The van der Waals surface area contributed by atoms with Gasteiger partial charge in [0.1, 0.15) is 5.75 Å². The fourth-order valence-electron chi connectivity index (χ4n) is 2.66. The lowest BCUT2D eigenvalue weighted by atomic mass is 10.2. The molecule has 31 heavy (non-hydrogen) atoms. The van der Waals surface area contributed by atoms with Crippen LogP contribution in [0.15, 0.2) is 54.7 Å². The quantitative estimate of drug-likeness (QED) is 0.330. The Labute approximate surface area is 176 Å². The van der Waals surface area contributed by atoms with E-state index >= 15 is 0 Å². The lowest BCUT2D eigenvalue weighted by Gasteiger charge is -2.14. The van der Waals surface area contributed by atoms with Crippen molar-refractivity contribution in [3.63, 3.8) is 0 Å². The minimum absolute atomic E-state index is 0.0523. The third kappa shape index (κ3) is 5.41. The fraction of sp³-hybridized carbons (Fsp3) is 0.200. The van der Waals surface area contributed by atoms with Gasteiger partial charge in [-0.2, -0.15) is 0 Å². The van der Waals surface area contributed by atoms with Crippen LogP contribution < -0.4 is 10.1 Å². The van der Waals surface area contributed by atoms with Gasteiger partial charge in [0.25, 0.3) is 11.6 Å². The van der Waals surface area contributed by atoms with Crippen LogP contribution in [0.4, 0.5) is 11.4 Å². The number of anilines is 1. The van der Waals surface area contributed by atoms with Crippen molar-refractivity contribution in [2.75, 3.05) is 12.4 Å². The highest BCUT2D eigenvalue weighted by Gasteiger charge is 2.23. The highest BCUT2D eigenvalue weighted by atomic mass is 16.6. The number of benzene rings is 2. The Kier molecular flexibility index (Phi) is 6.55. The van der Waals surface area contributed by atoms with Crippen LogP contribution in [0.1, 0.15) is 23.0 Å². The molecule has 1 atom stereocenters. The Morgan fingerprint density at radius 3 is 2.65 bits per heavy atom. The van der Waals surface area contributed by atoms with E-state index in [-0.39, 0.29) is 22.8 Å². The molecule has 1 heterocycles. The van der Waals surface area contributed by atoms with Crippen LogP contribution in [0.5, 0.6) is 5.75 Å². The fourth-order valence-corrected chi connectivity index (χ4v) is 2.66. The molecular formula is C20H19N5O6. The topological polar surface area (TPSA) is 138 Å². The van der Waals surface area contributed by atoms with Gasteiger partial charge >= 0.3 is 5.97 Å². The predicted octanol–water partition coefficient (Wildman–Crippen LogP) is 2.43. The number of carbonyl (C=O) groups is 2. The SMILES string of the molecule is COc1ccc([N+](=O)[O-])cc1NC(=O)C(C)OC(=O)c1cn(Cc2ccccc2)nn1. The summed E-state index contributed by atoms with van der Waals surface area (Å²) < 4.78 is 11.7. The van der Waals surface area contributed by atoms with Gasteiger partial charge in [0.05, 0.1) is 30.5 Å². The van der Waals surface area contributed by atoms with Crippen molar-refractivity contribution in [1.82, 2.24) is 15.0 Å². The summed E-state index contributed by atoms with van der Waals surface area (Å²) in [7, 11) is 1.36. The normalized spacial score (nSPS) is 11.4. The minimum atomic E-state index is -1.20. The molecule has 0 radical (unpaired) electrons. The van der Waals surface area contributed by atoms with Crippen molar-refractivity contribution in [1.29, 1.82) is 0 Å². The molecule has 2 aromatic carbocycles. The number of non-ortho nitro benzene ring substituents is 1. The molecule has 0 fully saturated rings. The number of nitrogens with zero attached hydrogens (tertiary/aromatic N) is 4. The lowest BCUT2D eigenvalue weighted by molar-refractivity contribution is -0.384. The molecule has 1 amide bonds. The van der Waals surface area contributed by atoms with E-state index in [1.54, 1.807) is 0 Å². The zero-order valence-corrected chi connectivity index (χ0v) is 16.7. The first-order valence-corrected chi connectivity index (χ1v) is 9.15. The number of nitro benzene ring substituents is 1. The maximum absolute atomic E-state index is 12.4. The number of hydrogen-bond acceptors (Lipinski definition) is 8. The second-order valence-corrected chi connectivity index (χ2v) is 6.47. The van der Waals surface area contributed by atoms with E-state index in [1.165, 1.54) is 37.0 Å². The summed E-state index contributed by atoms with van der Waals surface area (Å²) in [6.45, 7) is 1.79. The molecule has 0 aliphatic carbocycles. The predicted molar refractivity (Wildman–Crippen MR) is 109 cm³/mol. The number of carbonyl (C=O) groups excluding carboxylic acids is 2. The molecule has 0 saturated carbocycles.